The third-order valence-corrected chi connectivity index (χ3v) is 5.97. The van der Waals surface area contributed by atoms with Gasteiger partial charge in [0, 0.05) is 43.2 Å². The third-order valence-electron chi connectivity index (χ3n) is 4.71. The molecule has 1 aromatic carbocycles. The lowest BCUT2D eigenvalue weighted by atomic mass is 10.1. The van der Waals surface area contributed by atoms with Crippen LogP contribution < -0.4 is 0 Å². The molecule has 2 fully saturated rings. The van der Waals surface area contributed by atoms with Gasteiger partial charge in [-0.25, -0.2) is 4.98 Å². The molecule has 1 aromatic heterocycles. The van der Waals surface area contributed by atoms with Crippen molar-refractivity contribution in [1.82, 2.24) is 14.8 Å². The smallest absolute Gasteiger partial charge is 0.125 e. The molecular formula is C17H20ClN3S. The molecule has 2 saturated heterocycles. The molecule has 116 valence electrons. The molecule has 0 bridgehead atoms. The van der Waals surface area contributed by atoms with E-state index in [2.05, 4.69) is 15.2 Å². The number of piperazine rings is 1. The highest BCUT2D eigenvalue weighted by molar-refractivity contribution is 7.13. The topological polar surface area (TPSA) is 19.4 Å². The van der Waals surface area contributed by atoms with Crippen LogP contribution in [0.1, 0.15) is 18.5 Å². The summed E-state index contributed by atoms with van der Waals surface area (Å²) >= 11 is 7.96. The Bertz CT molecular complexity index is 657. The zero-order valence-electron chi connectivity index (χ0n) is 12.5. The summed E-state index contributed by atoms with van der Waals surface area (Å²) in [5.41, 5.74) is 2.22. The maximum absolute atomic E-state index is 6.27. The molecule has 22 heavy (non-hydrogen) atoms. The van der Waals surface area contributed by atoms with Gasteiger partial charge in [-0.3, -0.25) is 9.80 Å². The number of fused-ring (bicyclic) bond motifs is 1. The van der Waals surface area contributed by atoms with Gasteiger partial charge in [-0.15, -0.1) is 11.3 Å². The van der Waals surface area contributed by atoms with Crippen LogP contribution in [0.15, 0.2) is 29.6 Å². The van der Waals surface area contributed by atoms with Gasteiger partial charge in [0.1, 0.15) is 5.01 Å². The van der Waals surface area contributed by atoms with E-state index in [0.717, 1.165) is 34.7 Å². The zero-order chi connectivity index (χ0) is 14.9. The second-order valence-corrected chi connectivity index (χ2v) is 7.46. The molecule has 0 amide bonds. The van der Waals surface area contributed by atoms with E-state index >= 15 is 0 Å². The van der Waals surface area contributed by atoms with Gasteiger partial charge in [-0.1, -0.05) is 29.8 Å². The van der Waals surface area contributed by atoms with Gasteiger partial charge in [-0.05, 0) is 25.5 Å². The number of hydrogen-bond donors (Lipinski definition) is 0. The number of nitrogens with zero attached hydrogens (tertiary/aromatic N) is 3. The average molecular weight is 334 g/mol. The van der Waals surface area contributed by atoms with E-state index < -0.39 is 0 Å². The Kier molecular flexibility index (Phi) is 4.18. The molecule has 3 heterocycles. The van der Waals surface area contributed by atoms with Gasteiger partial charge < -0.3 is 0 Å². The van der Waals surface area contributed by atoms with Crippen LogP contribution in [0.3, 0.4) is 0 Å². The summed E-state index contributed by atoms with van der Waals surface area (Å²) in [5.74, 6) is 0. The normalized spacial score (nSPS) is 22.9. The Hall–Kier alpha value is -0.940. The SMILES string of the molecule is Clc1ccccc1-c1nc(CN2CCN3CCCC3C2)cs1. The van der Waals surface area contributed by atoms with E-state index in [1.807, 2.05) is 24.3 Å². The third kappa shape index (κ3) is 2.93. The summed E-state index contributed by atoms with van der Waals surface area (Å²) in [6.07, 6.45) is 2.73. The van der Waals surface area contributed by atoms with Crippen molar-refractivity contribution in [3.8, 4) is 10.6 Å². The van der Waals surface area contributed by atoms with Crippen molar-refractivity contribution < 1.29 is 0 Å². The first-order valence-corrected chi connectivity index (χ1v) is 9.21. The molecule has 5 heteroatoms. The molecule has 1 unspecified atom stereocenters. The van der Waals surface area contributed by atoms with Crippen LogP contribution in [0.5, 0.6) is 0 Å². The largest absolute Gasteiger partial charge is 0.298 e. The maximum atomic E-state index is 6.27. The summed E-state index contributed by atoms with van der Waals surface area (Å²) < 4.78 is 0. The van der Waals surface area contributed by atoms with Gasteiger partial charge in [0.25, 0.3) is 0 Å². The van der Waals surface area contributed by atoms with Crippen LogP contribution in [0, 0.1) is 0 Å². The summed E-state index contributed by atoms with van der Waals surface area (Å²) in [5, 5.41) is 3.99. The van der Waals surface area contributed by atoms with E-state index in [1.165, 1.54) is 38.2 Å². The van der Waals surface area contributed by atoms with E-state index in [9.17, 15) is 0 Å². The Labute approximate surface area is 140 Å². The van der Waals surface area contributed by atoms with Gasteiger partial charge in [0.05, 0.1) is 10.7 Å². The van der Waals surface area contributed by atoms with Crippen molar-refractivity contribution >= 4 is 22.9 Å². The number of aromatic nitrogens is 1. The van der Waals surface area contributed by atoms with E-state index in [0.29, 0.717) is 0 Å². The fourth-order valence-electron chi connectivity index (χ4n) is 3.57. The lowest BCUT2D eigenvalue weighted by Gasteiger charge is -2.37. The number of hydrogen-bond acceptors (Lipinski definition) is 4. The summed E-state index contributed by atoms with van der Waals surface area (Å²) in [7, 11) is 0. The maximum Gasteiger partial charge on any atom is 0.125 e. The Morgan fingerprint density at radius 3 is 3.05 bits per heavy atom. The standard InChI is InChI=1S/C17H20ClN3S/c18-16-6-2-1-5-15(16)17-19-13(12-22-17)10-20-8-9-21-7-3-4-14(21)11-20/h1-2,5-6,12,14H,3-4,7-11H2. The Morgan fingerprint density at radius 2 is 2.14 bits per heavy atom. The first-order valence-electron chi connectivity index (χ1n) is 7.95. The Morgan fingerprint density at radius 1 is 1.23 bits per heavy atom. The molecule has 3 nitrogen and oxygen atoms in total. The number of thiazole rings is 1. The molecule has 0 saturated carbocycles. The first kappa shape index (κ1) is 14.6. The van der Waals surface area contributed by atoms with Gasteiger partial charge in [0.2, 0.25) is 0 Å². The fraction of sp³-hybridized carbons (Fsp3) is 0.471. The monoisotopic (exact) mass is 333 g/mol. The van der Waals surface area contributed by atoms with Crippen molar-refractivity contribution in [1.29, 1.82) is 0 Å². The molecule has 2 aliphatic rings. The van der Waals surface area contributed by atoms with Crippen LogP contribution in [0.2, 0.25) is 5.02 Å². The van der Waals surface area contributed by atoms with E-state index in [1.54, 1.807) is 11.3 Å². The second-order valence-electron chi connectivity index (χ2n) is 6.19. The van der Waals surface area contributed by atoms with Crippen molar-refractivity contribution in [3.63, 3.8) is 0 Å². The molecule has 0 spiro atoms. The highest BCUT2D eigenvalue weighted by Crippen LogP contribution is 2.30. The first-order chi connectivity index (χ1) is 10.8. The lowest BCUT2D eigenvalue weighted by Crippen LogP contribution is -2.49. The van der Waals surface area contributed by atoms with Crippen molar-refractivity contribution in [3.05, 3.63) is 40.4 Å². The van der Waals surface area contributed by atoms with Crippen LogP contribution >= 0.6 is 22.9 Å². The molecule has 0 aliphatic carbocycles. The van der Waals surface area contributed by atoms with Gasteiger partial charge in [-0.2, -0.15) is 0 Å². The highest BCUT2D eigenvalue weighted by Gasteiger charge is 2.30. The number of benzene rings is 1. The van der Waals surface area contributed by atoms with Crippen molar-refractivity contribution in [2.75, 3.05) is 26.2 Å². The second kappa shape index (κ2) is 6.28. The van der Waals surface area contributed by atoms with Crippen molar-refractivity contribution in [2.45, 2.75) is 25.4 Å². The predicted octanol–water partition coefficient (Wildman–Crippen LogP) is 3.74. The van der Waals surface area contributed by atoms with Crippen LogP contribution in [-0.4, -0.2) is 47.0 Å². The fourth-order valence-corrected chi connectivity index (χ4v) is 4.70. The molecule has 4 rings (SSSR count). The minimum absolute atomic E-state index is 0.774. The van der Waals surface area contributed by atoms with Crippen molar-refractivity contribution in [2.24, 2.45) is 0 Å². The van der Waals surface area contributed by atoms with E-state index in [-0.39, 0.29) is 0 Å². The average Bonchev–Trinajstić information content (AvgIpc) is 3.16. The van der Waals surface area contributed by atoms with Gasteiger partial charge in [0.15, 0.2) is 0 Å². The van der Waals surface area contributed by atoms with Gasteiger partial charge >= 0.3 is 0 Å². The van der Waals surface area contributed by atoms with Crippen LogP contribution in [0.25, 0.3) is 10.6 Å². The lowest BCUT2D eigenvalue weighted by molar-refractivity contribution is 0.0986. The summed E-state index contributed by atoms with van der Waals surface area (Å²) in [6, 6.07) is 8.72. The predicted molar refractivity (Wildman–Crippen MR) is 92.4 cm³/mol. The molecule has 2 aliphatic heterocycles. The molecule has 1 atom stereocenters. The number of rotatable bonds is 3. The minimum Gasteiger partial charge on any atom is -0.298 e. The minimum atomic E-state index is 0.774. The zero-order valence-corrected chi connectivity index (χ0v) is 14.1. The molecule has 0 N–H and O–H groups in total. The summed E-state index contributed by atoms with van der Waals surface area (Å²) in [4.78, 5) is 10.00. The summed E-state index contributed by atoms with van der Waals surface area (Å²) in [6.45, 7) is 5.83. The van der Waals surface area contributed by atoms with Crippen LogP contribution in [0.4, 0.5) is 0 Å². The Balaban J connectivity index is 1.45. The van der Waals surface area contributed by atoms with E-state index in [4.69, 9.17) is 16.6 Å². The number of halogens is 1. The van der Waals surface area contributed by atoms with Crippen LogP contribution in [-0.2, 0) is 6.54 Å². The quantitative estimate of drug-likeness (QED) is 0.853. The molecular weight excluding hydrogens is 314 g/mol. The molecule has 0 radical (unpaired) electrons. The highest BCUT2D eigenvalue weighted by atomic mass is 35.5. The molecule has 2 aromatic rings.